The van der Waals surface area contributed by atoms with Gasteiger partial charge in [-0.2, -0.15) is 0 Å². The van der Waals surface area contributed by atoms with Crippen LogP contribution >= 0.6 is 0 Å². The first-order valence-corrected chi connectivity index (χ1v) is 4.99. The van der Waals surface area contributed by atoms with Gasteiger partial charge in [0.15, 0.2) is 6.33 Å². The van der Waals surface area contributed by atoms with Crippen molar-refractivity contribution in [1.82, 2.24) is 9.97 Å². The molecule has 1 radical (unpaired) electrons. The van der Waals surface area contributed by atoms with Crippen LogP contribution in [0.4, 0.5) is 5.82 Å². The molecule has 0 aromatic carbocycles. The molecule has 12 heavy (non-hydrogen) atoms. The van der Waals surface area contributed by atoms with Crippen molar-refractivity contribution in [3.8, 4) is 0 Å². The summed E-state index contributed by atoms with van der Waals surface area (Å²) in [6, 6.07) is 1.50. The normalized spacial score (nSPS) is 11.2. The van der Waals surface area contributed by atoms with Crippen molar-refractivity contribution in [3.05, 3.63) is 18.6 Å². The van der Waals surface area contributed by atoms with E-state index in [1.165, 1.54) is 19.3 Å². The molecular formula is C6H8N3O2S. The molecule has 0 amide bonds. The van der Waals surface area contributed by atoms with Crippen LogP contribution in [0.15, 0.2) is 12.3 Å². The van der Waals surface area contributed by atoms with E-state index >= 15 is 0 Å². The highest BCUT2D eigenvalue weighted by molar-refractivity contribution is 7.92. The van der Waals surface area contributed by atoms with Gasteiger partial charge < -0.3 is 0 Å². The fraction of sp³-hybridized carbons (Fsp3) is 0.333. The monoisotopic (exact) mass is 186 g/mol. The van der Waals surface area contributed by atoms with Crippen LogP contribution < -0.4 is 4.31 Å². The van der Waals surface area contributed by atoms with Gasteiger partial charge in [-0.15, -0.1) is 0 Å². The zero-order chi connectivity index (χ0) is 9.19. The predicted octanol–water partition coefficient (Wildman–Crippen LogP) is -0.327. The van der Waals surface area contributed by atoms with Crippen LogP contribution in [0.1, 0.15) is 0 Å². The highest BCUT2D eigenvalue weighted by Gasteiger charge is 2.11. The van der Waals surface area contributed by atoms with Crippen molar-refractivity contribution in [3.63, 3.8) is 0 Å². The minimum Gasteiger partial charge on any atom is -0.257 e. The van der Waals surface area contributed by atoms with Crippen LogP contribution in [0.3, 0.4) is 0 Å². The second-order valence-corrected chi connectivity index (χ2v) is 4.26. The van der Waals surface area contributed by atoms with E-state index < -0.39 is 10.0 Å². The number of hydrogen-bond acceptors (Lipinski definition) is 4. The number of nitrogens with zero attached hydrogens (tertiary/aromatic N) is 3. The molecule has 0 fully saturated rings. The SMILES string of the molecule is CN(c1ccn[c]n1)S(C)(=O)=O. The van der Waals surface area contributed by atoms with E-state index in [2.05, 4.69) is 16.3 Å². The average Bonchev–Trinajstić information content (AvgIpc) is 2.03. The summed E-state index contributed by atoms with van der Waals surface area (Å²) < 4.78 is 23.0. The topological polar surface area (TPSA) is 63.2 Å². The van der Waals surface area contributed by atoms with Crippen molar-refractivity contribution in [2.24, 2.45) is 0 Å². The summed E-state index contributed by atoms with van der Waals surface area (Å²) in [5.74, 6) is 0.313. The lowest BCUT2D eigenvalue weighted by atomic mass is 10.6. The Hall–Kier alpha value is -1.17. The predicted molar refractivity (Wildman–Crippen MR) is 44.1 cm³/mol. The third kappa shape index (κ3) is 1.91. The first-order valence-electron chi connectivity index (χ1n) is 3.15. The van der Waals surface area contributed by atoms with Crippen molar-refractivity contribution in [2.45, 2.75) is 0 Å². The maximum absolute atomic E-state index is 11.0. The van der Waals surface area contributed by atoms with Crippen molar-refractivity contribution >= 4 is 15.8 Å². The van der Waals surface area contributed by atoms with Gasteiger partial charge in [0.1, 0.15) is 5.82 Å². The molecular weight excluding hydrogens is 178 g/mol. The van der Waals surface area contributed by atoms with E-state index in [1.54, 1.807) is 0 Å². The molecule has 6 heteroatoms. The Balaban J connectivity index is 3.02. The number of aromatic nitrogens is 2. The zero-order valence-corrected chi connectivity index (χ0v) is 7.54. The van der Waals surface area contributed by atoms with Gasteiger partial charge in [0, 0.05) is 19.3 Å². The van der Waals surface area contributed by atoms with Crippen molar-refractivity contribution in [1.29, 1.82) is 0 Å². The summed E-state index contributed by atoms with van der Waals surface area (Å²) >= 11 is 0. The minimum absolute atomic E-state index is 0.313. The summed E-state index contributed by atoms with van der Waals surface area (Å²) in [7, 11) is -1.81. The standard InChI is InChI=1S/C6H8N3O2S/c1-9(12(2,10)11)6-3-4-7-5-8-6/h3-4H,1-2H3. The largest absolute Gasteiger partial charge is 0.257 e. The molecule has 0 spiro atoms. The first-order chi connectivity index (χ1) is 5.52. The molecule has 1 aromatic rings. The molecule has 0 unspecified atom stereocenters. The summed E-state index contributed by atoms with van der Waals surface area (Å²) in [6.45, 7) is 0. The first kappa shape index (κ1) is 8.92. The number of sulfonamides is 1. The van der Waals surface area contributed by atoms with Gasteiger partial charge in [-0.05, 0) is 0 Å². The molecule has 5 nitrogen and oxygen atoms in total. The van der Waals surface area contributed by atoms with E-state index in [0.29, 0.717) is 5.82 Å². The second kappa shape index (κ2) is 3.06. The van der Waals surface area contributed by atoms with Crippen molar-refractivity contribution in [2.75, 3.05) is 17.6 Å². The molecule has 65 valence electrons. The summed E-state index contributed by atoms with van der Waals surface area (Å²) in [5.41, 5.74) is 0. The maximum atomic E-state index is 11.0. The van der Waals surface area contributed by atoms with Gasteiger partial charge in [-0.1, -0.05) is 0 Å². The Labute approximate surface area is 71.1 Å². The fourth-order valence-corrected chi connectivity index (χ4v) is 1.04. The Morgan fingerprint density at radius 3 is 2.67 bits per heavy atom. The number of rotatable bonds is 2. The van der Waals surface area contributed by atoms with E-state index in [4.69, 9.17) is 0 Å². The molecule has 0 bridgehead atoms. The summed E-state index contributed by atoms with van der Waals surface area (Å²) in [4.78, 5) is 7.21. The lowest BCUT2D eigenvalue weighted by Crippen LogP contribution is -2.25. The van der Waals surface area contributed by atoms with Crippen LogP contribution in [0, 0.1) is 6.33 Å². The van der Waals surface area contributed by atoms with E-state index in [1.807, 2.05) is 0 Å². The molecule has 0 aliphatic heterocycles. The number of anilines is 1. The van der Waals surface area contributed by atoms with E-state index in [-0.39, 0.29) is 0 Å². The fourth-order valence-electron chi connectivity index (χ4n) is 0.600. The molecule has 1 heterocycles. The van der Waals surface area contributed by atoms with Crippen LogP contribution in [0.25, 0.3) is 0 Å². The third-order valence-corrected chi connectivity index (χ3v) is 2.52. The molecule has 0 saturated heterocycles. The molecule has 1 aromatic heterocycles. The molecule has 0 N–H and O–H groups in total. The van der Waals surface area contributed by atoms with Gasteiger partial charge in [0.05, 0.1) is 6.26 Å². The molecule has 0 aliphatic carbocycles. The zero-order valence-electron chi connectivity index (χ0n) is 6.72. The summed E-state index contributed by atoms with van der Waals surface area (Å²) in [5, 5.41) is 0. The number of hydrogen-bond donors (Lipinski definition) is 0. The Morgan fingerprint density at radius 2 is 2.25 bits per heavy atom. The highest BCUT2D eigenvalue weighted by atomic mass is 32.2. The van der Waals surface area contributed by atoms with Gasteiger partial charge in [0.25, 0.3) is 0 Å². The smallest absolute Gasteiger partial charge is 0.233 e. The Morgan fingerprint density at radius 1 is 1.58 bits per heavy atom. The Bertz CT molecular complexity index is 348. The average molecular weight is 186 g/mol. The second-order valence-electron chi connectivity index (χ2n) is 2.25. The lowest BCUT2D eigenvalue weighted by Gasteiger charge is -2.13. The van der Waals surface area contributed by atoms with Crippen molar-refractivity contribution < 1.29 is 8.42 Å². The van der Waals surface area contributed by atoms with Crippen LogP contribution in [0.5, 0.6) is 0 Å². The lowest BCUT2D eigenvalue weighted by molar-refractivity contribution is 0.599. The van der Waals surface area contributed by atoms with Crippen LogP contribution in [0.2, 0.25) is 0 Å². The van der Waals surface area contributed by atoms with E-state index in [0.717, 1.165) is 10.6 Å². The minimum atomic E-state index is -3.23. The van der Waals surface area contributed by atoms with Gasteiger partial charge in [-0.3, -0.25) is 4.31 Å². The molecule has 0 aliphatic rings. The Kier molecular flexibility index (Phi) is 2.27. The quantitative estimate of drug-likeness (QED) is 0.634. The van der Waals surface area contributed by atoms with Gasteiger partial charge in [0.2, 0.25) is 10.0 Å². The highest BCUT2D eigenvalue weighted by Crippen LogP contribution is 2.08. The van der Waals surface area contributed by atoms with Crippen LogP contribution in [-0.4, -0.2) is 31.7 Å². The molecule has 0 saturated carbocycles. The van der Waals surface area contributed by atoms with E-state index in [9.17, 15) is 8.42 Å². The van der Waals surface area contributed by atoms with Gasteiger partial charge >= 0.3 is 0 Å². The summed E-state index contributed by atoms with van der Waals surface area (Å²) in [6.07, 6.45) is 4.85. The van der Waals surface area contributed by atoms with Crippen LogP contribution in [-0.2, 0) is 10.0 Å². The van der Waals surface area contributed by atoms with Gasteiger partial charge in [-0.25, -0.2) is 18.4 Å². The maximum Gasteiger partial charge on any atom is 0.233 e. The molecule has 0 atom stereocenters. The third-order valence-electron chi connectivity index (χ3n) is 1.34. The molecule has 1 rings (SSSR count).